The van der Waals surface area contributed by atoms with Crippen molar-refractivity contribution in [1.82, 2.24) is 4.98 Å². The minimum atomic E-state index is 0.281. The Balaban J connectivity index is 0.000000606. The second kappa shape index (κ2) is 6.06. The van der Waals surface area contributed by atoms with Crippen molar-refractivity contribution in [3.63, 3.8) is 0 Å². The molecule has 0 spiro atoms. The van der Waals surface area contributed by atoms with E-state index < -0.39 is 0 Å². The summed E-state index contributed by atoms with van der Waals surface area (Å²) in [5, 5.41) is 1.28. The van der Waals surface area contributed by atoms with Gasteiger partial charge in [-0.25, -0.2) is 0 Å². The van der Waals surface area contributed by atoms with E-state index >= 15 is 0 Å². The molecule has 1 aromatic carbocycles. The van der Waals surface area contributed by atoms with Crippen molar-refractivity contribution in [1.29, 1.82) is 0 Å². The number of methoxy groups -OCH3 is 1. The van der Waals surface area contributed by atoms with E-state index in [1.54, 1.807) is 7.11 Å². The lowest BCUT2D eigenvalue weighted by Crippen LogP contribution is -1.93. The number of alkyl halides is 1. The maximum atomic E-state index is 5.29. The Morgan fingerprint density at radius 1 is 1.25 bits per heavy atom. The third-order valence-electron chi connectivity index (χ3n) is 2.30. The Labute approximate surface area is 104 Å². The summed E-state index contributed by atoms with van der Waals surface area (Å²) in [5.41, 5.74) is 1.10. The van der Waals surface area contributed by atoms with Crippen molar-refractivity contribution in [2.75, 3.05) is 26.0 Å². The van der Waals surface area contributed by atoms with Gasteiger partial charge < -0.3 is 9.72 Å². The van der Waals surface area contributed by atoms with Crippen LogP contribution in [0.5, 0.6) is 5.75 Å². The third kappa shape index (κ3) is 2.47. The second-order valence-corrected chi connectivity index (χ2v) is 5.43. The number of halogens is 1. The number of hydrogen-bond acceptors (Lipinski definition) is 1. The Kier molecular flexibility index (Phi) is 5.03. The first-order chi connectivity index (χ1) is 7.74. The van der Waals surface area contributed by atoms with Gasteiger partial charge in [-0.3, -0.25) is 0 Å². The van der Waals surface area contributed by atoms with Crippen LogP contribution in [-0.2, 0) is 10.9 Å². The number of benzene rings is 1. The van der Waals surface area contributed by atoms with E-state index in [1.165, 1.54) is 16.7 Å². The lowest BCUT2D eigenvalue weighted by atomic mass is 10.2. The molecule has 1 N–H and O–H groups in total. The van der Waals surface area contributed by atoms with Crippen LogP contribution in [0.1, 0.15) is 0 Å². The van der Waals surface area contributed by atoms with E-state index in [1.807, 2.05) is 12.1 Å². The van der Waals surface area contributed by atoms with Crippen molar-refractivity contribution >= 4 is 33.4 Å². The van der Waals surface area contributed by atoms with Gasteiger partial charge >= 0.3 is 0 Å². The summed E-state index contributed by atoms with van der Waals surface area (Å²) in [6.45, 7) is 0. The van der Waals surface area contributed by atoms with Crippen LogP contribution in [0.25, 0.3) is 10.9 Å². The molecule has 0 aliphatic heterocycles. The zero-order valence-electron chi connectivity index (χ0n) is 10.0. The van der Waals surface area contributed by atoms with Gasteiger partial charge in [0.15, 0.2) is 4.90 Å². The van der Waals surface area contributed by atoms with E-state index in [2.05, 4.69) is 41.4 Å². The molecule has 1 aromatic heterocycles. The van der Waals surface area contributed by atoms with E-state index in [4.69, 9.17) is 4.74 Å². The number of H-pyrrole nitrogens is 1. The first-order valence-corrected chi connectivity index (χ1v) is 7.63. The molecule has 0 fully saturated rings. The molecule has 4 heteroatoms. The van der Waals surface area contributed by atoms with Crippen LogP contribution in [0.4, 0.5) is 0 Å². The number of rotatable bonds is 2. The van der Waals surface area contributed by atoms with Crippen LogP contribution in [0.2, 0.25) is 0 Å². The monoisotopic (exact) mass is 258 g/mol. The average molecular weight is 259 g/mol. The van der Waals surface area contributed by atoms with E-state index in [-0.39, 0.29) is 10.9 Å². The maximum Gasteiger partial charge on any atom is 0.179 e. The van der Waals surface area contributed by atoms with Crippen molar-refractivity contribution in [2.45, 2.75) is 4.90 Å². The van der Waals surface area contributed by atoms with Gasteiger partial charge in [-0.1, -0.05) is 6.07 Å². The molecule has 0 unspecified atom stereocenters. The van der Waals surface area contributed by atoms with Crippen LogP contribution in [0.3, 0.4) is 0 Å². The van der Waals surface area contributed by atoms with E-state index in [9.17, 15) is 0 Å². The van der Waals surface area contributed by atoms with Crippen molar-refractivity contribution in [2.24, 2.45) is 0 Å². The molecule has 2 rings (SSSR count). The molecule has 0 saturated carbocycles. The third-order valence-corrected chi connectivity index (χ3v) is 3.52. The van der Waals surface area contributed by atoms with E-state index in [0.717, 1.165) is 11.3 Å². The SMILES string of the molecule is CCl.COc1cccc2c([S+](C)C)c[nH]c12. The van der Waals surface area contributed by atoms with Gasteiger partial charge in [0, 0.05) is 17.3 Å². The number of aromatic nitrogens is 1. The quantitative estimate of drug-likeness (QED) is 0.649. The fourth-order valence-corrected chi connectivity index (χ4v) is 2.51. The van der Waals surface area contributed by atoms with Crippen LogP contribution >= 0.6 is 11.6 Å². The zero-order valence-corrected chi connectivity index (χ0v) is 11.6. The van der Waals surface area contributed by atoms with Gasteiger partial charge in [-0.15, -0.1) is 11.6 Å². The molecule has 2 nitrogen and oxygen atoms in total. The van der Waals surface area contributed by atoms with Crippen LogP contribution in [-0.4, -0.2) is 31.0 Å². The Morgan fingerprint density at radius 3 is 2.50 bits per heavy atom. The molecule has 0 bridgehead atoms. The molecule has 1 heterocycles. The molecule has 0 radical (unpaired) electrons. The fourth-order valence-electron chi connectivity index (χ4n) is 1.61. The molecule has 0 amide bonds. The predicted octanol–water partition coefficient (Wildman–Crippen LogP) is 3.27. The number of aromatic amines is 1. The average Bonchev–Trinajstić information content (AvgIpc) is 2.75. The van der Waals surface area contributed by atoms with Crippen LogP contribution in [0.15, 0.2) is 29.3 Å². The molecule has 0 atom stereocenters. The van der Waals surface area contributed by atoms with Crippen molar-refractivity contribution in [3.05, 3.63) is 24.4 Å². The molecule has 0 aliphatic rings. The smallest absolute Gasteiger partial charge is 0.179 e. The number of nitrogens with one attached hydrogen (secondary N) is 1. The lowest BCUT2D eigenvalue weighted by Gasteiger charge is -2.00. The standard InChI is InChI=1S/C11H14NOS.CH3Cl/c1-13-9-6-4-5-8-10(14(2)3)7-12-11(8)9;1-2/h4-7,12H,1-3H3;1H3/q+1;. The minimum Gasteiger partial charge on any atom is -0.495 e. The highest BCUT2D eigenvalue weighted by atomic mass is 35.5. The van der Waals surface area contributed by atoms with Gasteiger partial charge in [0.1, 0.15) is 18.3 Å². The highest BCUT2D eigenvalue weighted by molar-refractivity contribution is 7.95. The van der Waals surface area contributed by atoms with Crippen molar-refractivity contribution < 1.29 is 4.74 Å². The topological polar surface area (TPSA) is 25.0 Å². The van der Waals surface area contributed by atoms with Crippen molar-refractivity contribution in [3.8, 4) is 5.75 Å². The fraction of sp³-hybridized carbons (Fsp3) is 0.333. The molecule has 88 valence electrons. The Morgan fingerprint density at radius 2 is 1.94 bits per heavy atom. The first-order valence-electron chi connectivity index (χ1n) is 4.83. The molecule has 0 saturated heterocycles. The predicted molar refractivity (Wildman–Crippen MR) is 74.1 cm³/mol. The summed E-state index contributed by atoms with van der Waals surface area (Å²) in [6, 6.07) is 6.15. The Bertz CT molecular complexity index is 453. The van der Waals surface area contributed by atoms with Gasteiger partial charge in [0.25, 0.3) is 0 Å². The minimum absolute atomic E-state index is 0.281. The van der Waals surface area contributed by atoms with Gasteiger partial charge in [-0.05, 0) is 12.1 Å². The largest absolute Gasteiger partial charge is 0.495 e. The molecule has 0 aliphatic carbocycles. The maximum absolute atomic E-state index is 5.29. The molecule has 16 heavy (non-hydrogen) atoms. The highest BCUT2D eigenvalue weighted by Gasteiger charge is 2.16. The molecular formula is C12H17ClNOS+. The first kappa shape index (κ1) is 13.3. The highest BCUT2D eigenvalue weighted by Crippen LogP contribution is 2.29. The number of ether oxygens (including phenoxy) is 1. The summed E-state index contributed by atoms with van der Waals surface area (Å²) in [6.07, 6.45) is 8.00. The Hall–Kier alpha value is -0.800. The summed E-state index contributed by atoms with van der Waals surface area (Å²) in [5.74, 6) is 0.916. The lowest BCUT2D eigenvalue weighted by molar-refractivity contribution is 0.419. The van der Waals surface area contributed by atoms with Crippen LogP contribution in [0, 0.1) is 0 Å². The number of fused-ring (bicyclic) bond motifs is 1. The molecular weight excluding hydrogens is 242 g/mol. The summed E-state index contributed by atoms with van der Waals surface area (Å²) in [7, 11) is 1.98. The summed E-state index contributed by atoms with van der Waals surface area (Å²) >= 11 is 4.64. The van der Waals surface area contributed by atoms with Gasteiger partial charge in [0.05, 0.1) is 24.2 Å². The zero-order chi connectivity index (χ0) is 12.1. The number of hydrogen-bond donors (Lipinski definition) is 1. The molecule has 2 aromatic rings. The van der Waals surface area contributed by atoms with Gasteiger partial charge in [0.2, 0.25) is 0 Å². The van der Waals surface area contributed by atoms with E-state index in [0.29, 0.717) is 0 Å². The van der Waals surface area contributed by atoms with Gasteiger partial charge in [-0.2, -0.15) is 0 Å². The summed E-state index contributed by atoms with van der Waals surface area (Å²) < 4.78 is 5.29. The van der Waals surface area contributed by atoms with Crippen LogP contribution < -0.4 is 4.74 Å². The second-order valence-electron chi connectivity index (χ2n) is 3.35. The summed E-state index contributed by atoms with van der Waals surface area (Å²) in [4.78, 5) is 4.64. The normalized spacial score (nSPS) is 10.1. The number of para-hydroxylation sites is 1.